The van der Waals surface area contributed by atoms with Crippen LogP contribution in [0.25, 0.3) is 0 Å². The SMILES string of the molecule is COCCN(C(=O)CCC(=O)Nc1ccccn1)[C@@H](C(=O)NC(C)(C)C)c1ccc(C)cc1. The van der Waals surface area contributed by atoms with Gasteiger partial charge in [-0.15, -0.1) is 0 Å². The molecule has 8 nitrogen and oxygen atoms in total. The summed E-state index contributed by atoms with van der Waals surface area (Å²) in [4.78, 5) is 44.4. The van der Waals surface area contributed by atoms with Crippen molar-refractivity contribution in [1.29, 1.82) is 0 Å². The highest BCUT2D eigenvalue weighted by molar-refractivity contribution is 5.94. The Morgan fingerprint density at radius 1 is 1.06 bits per heavy atom. The van der Waals surface area contributed by atoms with Gasteiger partial charge < -0.3 is 20.3 Å². The molecule has 3 amide bonds. The van der Waals surface area contributed by atoms with Crippen LogP contribution in [0.15, 0.2) is 48.7 Å². The smallest absolute Gasteiger partial charge is 0.247 e. The van der Waals surface area contributed by atoms with Crippen molar-refractivity contribution in [2.24, 2.45) is 0 Å². The van der Waals surface area contributed by atoms with Crippen molar-refractivity contribution in [3.05, 3.63) is 59.8 Å². The van der Waals surface area contributed by atoms with Crippen LogP contribution in [0.5, 0.6) is 0 Å². The molecule has 178 valence electrons. The van der Waals surface area contributed by atoms with Gasteiger partial charge in [0.1, 0.15) is 11.9 Å². The number of hydrogen-bond acceptors (Lipinski definition) is 5. The van der Waals surface area contributed by atoms with Gasteiger partial charge in [0.25, 0.3) is 0 Å². The van der Waals surface area contributed by atoms with Crippen molar-refractivity contribution in [3.63, 3.8) is 0 Å². The van der Waals surface area contributed by atoms with E-state index in [9.17, 15) is 14.4 Å². The molecule has 0 spiro atoms. The molecule has 2 rings (SSSR count). The number of carbonyl (C=O) groups excluding carboxylic acids is 3. The molecule has 1 atom stereocenters. The molecule has 2 aromatic rings. The lowest BCUT2D eigenvalue weighted by Gasteiger charge is -2.33. The number of rotatable bonds is 10. The van der Waals surface area contributed by atoms with Gasteiger partial charge in [0.2, 0.25) is 17.7 Å². The van der Waals surface area contributed by atoms with Crippen LogP contribution in [0.4, 0.5) is 5.82 Å². The lowest BCUT2D eigenvalue weighted by atomic mass is 10.00. The predicted molar refractivity (Wildman–Crippen MR) is 128 cm³/mol. The molecule has 1 aromatic carbocycles. The van der Waals surface area contributed by atoms with Crippen LogP contribution in [-0.2, 0) is 19.1 Å². The molecular formula is C25H34N4O4. The minimum atomic E-state index is -0.841. The lowest BCUT2D eigenvalue weighted by Crippen LogP contribution is -2.50. The maximum absolute atomic E-state index is 13.3. The Labute approximate surface area is 195 Å². The average molecular weight is 455 g/mol. The first-order valence-electron chi connectivity index (χ1n) is 11.0. The molecule has 0 saturated heterocycles. The molecule has 0 unspecified atom stereocenters. The highest BCUT2D eigenvalue weighted by Crippen LogP contribution is 2.24. The highest BCUT2D eigenvalue weighted by Gasteiger charge is 2.33. The number of anilines is 1. The van der Waals surface area contributed by atoms with Gasteiger partial charge in [-0.05, 0) is 45.4 Å². The fourth-order valence-electron chi connectivity index (χ4n) is 3.25. The van der Waals surface area contributed by atoms with Gasteiger partial charge in [-0.2, -0.15) is 0 Å². The highest BCUT2D eigenvalue weighted by atomic mass is 16.5. The molecule has 1 heterocycles. The molecule has 8 heteroatoms. The molecule has 0 bridgehead atoms. The average Bonchev–Trinajstić information content (AvgIpc) is 2.75. The maximum Gasteiger partial charge on any atom is 0.247 e. The van der Waals surface area contributed by atoms with Gasteiger partial charge in [0.15, 0.2) is 0 Å². The lowest BCUT2D eigenvalue weighted by molar-refractivity contribution is -0.142. The van der Waals surface area contributed by atoms with Crippen LogP contribution in [0.2, 0.25) is 0 Å². The zero-order valence-electron chi connectivity index (χ0n) is 20.1. The summed E-state index contributed by atoms with van der Waals surface area (Å²) in [6.07, 6.45) is 1.50. The van der Waals surface area contributed by atoms with Crippen LogP contribution in [0, 0.1) is 6.92 Å². The molecule has 0 aliphatic carbocycles. The summed E-state index contributed by atoms with van der Waals surface area (Å²) in [6.45, 7) is 8.10. The van der Waals surface area contributed by atoms with Crippen LogP contribution in [0.1, 0.15) is 50.8 Å². The van der Waals surface area contributed by atoms with E-state index >= 15 is 0 Å². The van der Waals surface area contributed by atoms with Crippen molar-refractivity contribution in [3.8, 4) is 0 Å². The Hall–Kier alpha value is -3.26. The summed E-state index contributed by atoms with van der Waals surface area (Å²) in [6, 6.07) is 11.9. The van der Waals surface area contributed by atoms with E-state index < -0.39 is 11.6 Å². The second-order valence-electron chi connectivity index (χ2n) is 8.90. The quantitative estimate of drug-likeness (QED) is 0.574. The van der Waals surface area contributed by atoms with Gasteiger partial charge >= 0.3 is 0 Å². The Balaban J connectivity index is 2.23. The predicted octanol–water partition coefficient (Wildman–Crippen LogP) is 3.24. The number of amides is 3. The van der Waals surface area contributed by atoms with Crippen molar-refractivity contribution in [2.45, 2.75) is 52.1 Å². The molecule has 0 fully saturated rings. The molecule has 1 aromatic heterocycles. The molecule has 0 saturated carbocycles. The van der Waals surface area contributed by atoms with Gasteiger partial charge in [-0.3, -0.25) is 14.4 Å². The third-order valence-corrected chi connectivity index (χ3v) is 4.81. The summed E-state index contributed by atoms with van der Waals surface area (Å²) in [5, 5.41) is 5.66. The Bertz CT molecular complexity index is 924. The van der Waals surface area contributed by atoms with E-state index in [4.69, 9.17) is 4.74 Å². The fourth-order valence-corrected chi connectivity index (χ4v) is 3.25. The second-order valence-corrected chi connectivity index (χ2v) is 8.90. The topological polar surface area (TPSA) is 101 Å². The third kappa shape index (κ3) is 8.65. The zero-order chi connectivity index (χ0) is 24.4. The number of nitrogens with one attached hydrogen (secondary N) is 2. The first-order chi connectivity index (χ1) is 15.6. The van der Waals surface area contributed by atoms with Gasteiger partial charge in [0.05, 0.1) is 6.61 Å². The van der Waals surface area contributed by atoms with Crippen LogP contribution < -0.4 is 10.6 Å². The standard InChI is InChI=1S/C25H34N4O4/c1-18-9-11-19(12-10-18)23(24(32)28-25(2,3)4)29(16-17-33-5)22(31)14-13-21(30)27-20-8-6-7-15-26-20/h6-12,15,23H,13-14,16-17H2,1-5H3,(H,28,32)(H,26,27,30)/t23-/m1/s1. The third-order valence-electron chi connectivity index (χ3n) is 4.81. The van der Waals surface area contributed by atoms with Crippen molar-refractivity contribution >= 4 is 23.5 Å². The molecule has 0 aliphatic heterocycles. The van der Waals surface area contributed by atoms with Gasteiger partial charge in [-0.1, -0.05) is 35.9 Å². The first kappa shape index (κ1) is 26.0. The Morgan fingerprint density at radius 3 is 2.33 bits per heavy atom. The van der Waals surface area contributed by atoms with E-state index in [0.29, 0.717) is 11.4 Å². The number of hydrogen-bond donors (Lipinski definition) is 2. The van der Waals surface area contributed by atoms with E-state index in [1.807, 2.05) is 52.0 Å². The summed E-state index contributed by atoms with van der Waals surface area (Å²) in [7, 11) is 1.54. The van der Waals surface area contributed by atoms with Gasteiger partial charge in [-0.25, -0.2) is 4.98 Å². The molecule has 2 N–H and O–H groups in total. The summed E-state index contributed by atoms with van der Waals surface area (Å²) >= 11 is 0. The van der Waals surface area contributed by atoms with E-state index in [0.717, 1.165) is 5.56 Å². The Morgan fingerprint density at radius 2 is 1.76 bits per heavy atom. The normalized spacial score (nSPS) is 12.0. The summed E-state index contributed by atoms with van der Waals surface area (Å²) in [5.41, 5.74) is 1.28. The molecule has 0 radical (unpaired) electrons. The van der Waals surface area contributed by atoms with Crippen molar-refractivity contribution < 1.29 is 19.1 Å². The summed E-state index contributed by atoms with van der Waals surface area (Å²) in [5.74, 6) is -0.486. The number of methoxy groups -OCH3 is 1. The minimum Gasteiger partial charge on any atom is -0.383 e. The van der Waals surface area contributed by atoms with Crippen LogP contribution in [-0.4, -0.2) is 53.4 Å². The van der Waals surface area contributed by atoms with Gasteiger partial charge in [0, 0.05) is 38.2 Å². The summed E-state index contributed by atoms with van der Waals surface area (Å²) < 4.78 is 5.20. The van der Waals surface area contributed by atoms with Crippen molar-refractivity contribution in [1.82, 2.24) is 15.2 Å². The molecule has 33 heavy (non-hydrogen) atoms. The van der Waals surface area contributed by atoms with Crippen LogP contribution in [0.3, 0.4) is 0 Å². The number of aryl methyl sites for hydroxylation is 1. The van der Waals surface area contributed by atoms with E-state index in [1.165, 1.54) is 4.90 Å². The number of aromatic nitrogens is 1. The number of pyridine rings is 1. The number of carbonyl (C=O) groups is 3. The number of benzene rings is 1. The first-order valence-corrected chi connectivity index (χ1v) is 11.0. The Kier molecular flexibility index (Phi) is 9.54. The monoisotopic (exact) mass is 454 g/mol. The fraction of sp³-hybridized carbons (Fsp3) is 0.440. The van der Waals surface area contributed by atoms with E-state index in [1.54, 1.807) is 31.5 Å². The maximum atomic E-state index is 13.3. The number of ether oxygens (including phenoxy) is 1. The van der Waals surface area contributed by atoms with E-state index in [2.05, 4.69) is 15.6 Å². The number of nitrogens with zero attached hydrogens (tertiary/aromatic N) is 2. The largest absolute Gasteiger partial charge is 0.383 e. The van der Waals surface area contributed by atoms with E-state index in [-0.39, 0.29) is 43.7 Å². The second kappa shape index (κ2) is 12.1. The van der Waals surface area contributed by atoms with Crippen molar-refractivity contribution in [2.75, 3.05) is 25.6 Å². The zero-order valence-corrected chi connectivity index (χ0v) is 20.1. The molecular weight excluding hydrogens is 420 g/mol. The van der Waals surface area contributed by atoms with Crippen LogP contribution >= 0.6 is 0 Å². The minimum absolute atomic E-state index is 0.0274. The molecule has 0 aliphatic rings.